The van der Waals surface area contributed by atoms with E-state index >= 15 is 0 Å². The molecule has 9 heteroatoms. The molecule has 1 N–H and O–H groups in total. The summed E-state index contributed by atoms with van der Waals surface area (Å²) in [6, 6.07) is 26.0. The highest BCUT2D eigenvalue weighted by Crippen LogP contribution is 2.48. The molecule has 7 rings (SSSR count). The second-order valence-corrected chi connectivity index (χ2v) is 10.2. The standard InChI is InChI=1S/C30H25N7OS/c1-3-38-21-15-13-20(14-16-21)32-28-30-34-29-26(19(2)35-37(29)25-12-6-7-17-31-25)27(24-11-8-18-39-24)36(30)23-10-5-4-9-22(23)33-28/h4-18,27H,3H2,1-2H3,(H,32,33)/t27-/m1/s1. The highest BCUT2D eigenvalue weighted by atomic mass is 32.1. The summed E-state index contributed by atoms with van der Waals surface area (Å²) >= 11 is 1.73. The number of para-hydroxylation sites is 2. The number of anilines is 2. The fourth-order valence-electron chi connectivity index (χ4n) is 5.09. The van der Waals surface area contributed by atoms with Gasteiger partial charge in [-0.2, -0.15) is 9.78 Å². The van der Waals surface area contributed by atoms with Crippen LogP contribution in [0.4, 0.5) is 22.9 Å². The Morgan fingerprint density at radius 2 is 1.79 bits per heavy atom. The van der Waals surface area contributed by atoms with Gasteiger partial charge < -0.3 is 15.0 Å². The molecule has 0 amide bonds. The lowest BCUT2D eigenvalue weighted by atomic mass is 9.98. The number of hydrogen-bond acceptors (Lipinski definition) is 8. The molecule has 2 aliphatic rings. The van der Waals surface area contributed by atoms with Crippen molar-refractivity contribution in [2.75, 3.05) is 16.8 Å². The average Bonchev–Trinajstić information content (AvgIpc) is 3.62. The molecule has 0 unspecified atom stereocenters. The highest BCUT2D eigenvalue weighted by Gasteiger charge is 2.41. The molecule has 39 heavy (non-hydrogen) atoms. The molecule has 1 atom stereocenters. The topological polar surface area (TPSA) is 79.9 Å². The van der Waals surface area contributed by atoms with Crippen LogP contribution in [0, 0.1) is 6.92 Å². The highest BCUT2D eigenvalue weighted by molar-refractivity contribution is 7.10. The van der Waals surface area contributed by atoms with Gasteiger partial charge in [-0.15, -0.1) is 11.3 Å². The fourth-order valence-corrected chi connectivity index (χ4v) is 5.91. The van der Waals surface area contributed by atoms with Gasteiger partial charge >= 0.3 is 0 Å². The number of amidine groups is 2. The first-order chi connectivity index (χ1) is 19.2. The van der Waals surface area contributed by atoms with Gasteiger partial charge in [-0.05, 0) is 73.8 Å². The molecular weight excluding hydrogens is 506 g/mol. The van der Waals surface area contributed by atoms with Gasteiger partial charge in [0.2, 0.25) is 0 Å². The van der Waals surface area contributed by atoms with Crippen LogP contribution in [0.25, 0.3) is 5.82 Å². The van der Waals surface area contributed by atoms with Crippen LogP contribution in [-0.4, -0.2) is 33.0 Å². The van der Waals surface area contributed by atoms with Crippen LogP contribution in [0.3, 0.4) is 0 Å². The number of nitrogens with zero attached hydrogens (tertiary/aromatic N) is 6. The third kappa shape index (κ3) is 3.98. The van der Waals surface area contributed by atoms with E-state index in [1.807, 2.05) is 79.2 Å². The Morgan fingerprint density at radius 3 is 2.56 bits per heavy atom. The largest absolute Gasteiger partial charge is 0.494 e. The zero-order valence-corrected chi connectivity index (χ0v) is 22.3. The summed E-state index contributed by atoms with van der Waals surface area (Å²) < 4.78 is 7.47. The molecular formula is C30H25N7OS. The molecule has 5 heterocycles. The fraction of sp³-hybridized carbons (Fsp3) is 0.133. The molecule has 0 aliphatic carbocycles. The van der Waals surface area contributed by atoms with Crippen molar-refractivity contribution in [2.24, 2.45) is 9.98 Å². The number of aromatic nitrogens is 3. The maximum atomic E-state index is 5.63. The molecule has 8 nitrogen and oxygen atoms in total. The van der Waals surface area contributed by atoms with Crippen LogP contribution in [0.5, 0.6) is 5.75 Å². The van der Waals surface area contributed by atoms with Crippen LogP contribution < -0.4 is 15.0 Å². The van der Waals surface area contributed by atoms with Gasteiger partial charge in [0.1, 0.15) is 11.8 Å². The van der Waals surface area contributed by atoms with Crippen LogP contribution in [-0.2, 0) is 0 Å². The minimum Gasteiger partial charge on any atom is -0.494 e. The Labute approximate surface area is 230 Å². The summed E-state index contributed by atoms with van der Waals surface area (Å²) in [5, 5.41) is 10.6. The van der Waals surface area contributed by atoms with Crippen molar-refractivity contribution in [1.29, 1.82) is 0 Å². The van der Waals surface area contributed by atoms with E-state index in [9.17, 15) is 0 Å². The second kappa shape index (κ2) is 9.52. The lowest BCUT2D eigenvalue weighted by molar-refractivity contribution is 0.340. The number of hydrogen-bond donors (Lipinski definition) is 1. The molecule has 2 aliphatic heterocycles. The zero-order chi connectivity index (χ0) is 26.3. The Morgan fingerprint density at radius 1 is 0.949 bits per heavy atom. The van der Waals surface area contributed by atoms with E-state index in [0.717, 1.165) is 51.5 Å². The predicted octanol–water partition coefficient (Wildman–Crippen LogP) is 6.83. The molecule has 0 fully saturated rings. The summed E-state index contributed by atoms with van der Waals surface area (Å²) in [5.74, 6) is 3.70. The first kappa shape index (κ1) is 23.4. The lowest BCUT2D eigenvalue weighted by Gasteiger charge is -2.40. The number of pyridine rings is 1. The van der Waals surface area contributed by atoms with Crippen molar-refractivity contribution >= 4 is 45.9 Å². The summed E-state index contributed by atoms with van der Waals surface area (Å²) in [5.41, 5.74) is 4.75. The minimum absolute atomic E-state index is 0.126. The second-order valence-electron chi connectivity index (χ2n) is 9.18. The van der Waals surface area contributed by atoms with Crippen molar-refractivity contribution in [3.8, 4) is 11.6 Å². The maximum Gasteiger partial charge on any atom is 0.179 e. The number of rotatable bonds is 5. The maximum absolute atomic E-state index is 5.63. The summed E-state index contributed by atoms with van der Waals surface area (Å²) in [6.45, 7) is 4.64. The summed E-state index contributed by atoms with van der Waals surface area (Å²) in [6.07, 6.45) is 1.77. The molecule has 2 aromatic carbocycles. The van der Waals surface area contributed by atoms with E-state index < -0.39 is 0 Å². The third-order valence-electron chi connectivity index (χ3n) is 6.75. The van der Waals surface area contributed by atoms with Gasteiger partial charge in [0.05, 0.1) is 23.7 Å². The molecule has 5 aromatic rings. The van der Waals surface area contributed by atoms with Gasteiger partial charge in [-0.1, -0.05) is 24.3 Å². The Hall–Kier alpha value is -4.76. The molecule has 0 spiro atoms. The van der Waals surface area contributed by atoms with E-state index in [1.165, 1.54) is 4.88 Å². The van der Waals surface area contributed by atoms with E-state index in [1.54, 1.807) is 17.5 Å². The third-order valence-corrected chi connectivity index (χ3v) is 7.67. The number of nitrogens with one attached hydrogen (secondary N) is 1. The van der Waals surface area contributed by atoms with Gasteiger partial charge in [0, 0.05) is 22.3 Å². The SMILES string of the molecule is CCOc1ccc(NC2=Nc3ccccc3N3C2=Nc2c(c(C)nn2-c2ccccn2)[C@H]3c2cccs2)cc1. The van der Waals surface area contributed by atoms with Crippen molar-refractivity contribution in [3.63, 3.8) is 0 Å². The van der Waals surface area contributed by atoms with Gasteiger partial charge in [0.25, 0.3) is 0 Å². The smallest absolute Gasteiger partial charge is 0.179 e. The van der Waals surface area contributed by atoms with E-state index in [4.69, 9.17) is 19.8 Å². The first-order valence-electron chi connectivity index (χ1n) is 12.8. The van der Waals surface area contributed by atoms with Crippen LogP contribution >= 0.6 is 11.3 Å². The van der Waals surface area contributed by atoms with Crippen molar-refractivity contribution in [1.82, 2.24) is 14.8 Å². The molecule has 192 valence electrons. The number of aliphatic imine (C=N–C) groups is 2. The Balaban J connectivity index is 1.43. The number of benzene rings is 2. The molecule has 0 bridgehead atoms. The van der Waals surface area contributed by atoms with E-state index in [2.05, 4.69) is 38.8 Å². The monoisotopic (exact) mass is 531 g/mol. The zero-order valence-electron chi connectivity index (χ0n) is 21.4. The molecule has 0 saturated carbocycles. The van der Waals surface area contributed by atoms with Crippen molar-refractivity contribution in [2.45, 2.75) is 19.9 Å². The van der Waals surface area contributed by atoms with Gasteiger partial charge in [-0.25, -0.2) is 15.0 Å². The van der Waals surface area contributed by atoms with Crippen LogP contribution in [0.2, 0.25) is 0 Å². The van der Waals surface area contributed by atoms with Crippen LogP contribution in [0.15, 0.2) is 100 Å². The number of fused-ring (bicyclic) bond motifs is 4. The van der Waals surface area contributed by atoms with Gasteiger partial charge in [-0.3, -0.25) is 0 Å². The molecule has 0 saturated heterocycles. The minimum atomic E-state index is -0.126. The van der Waals surface area contributed by atoms with Crippen molar-refractivity contribution in [3.05, 3.63) is 107 Å². The van der Waals surface area contributed by atoms with E-state index in [-0.39, 0.29) is 6.04 Å². The summed E-state index contributed by atoms with van der Waals surface area (Å²) in [7, 11) is 0. The number of aryl methyl sites for hydroxylation is 1. The van der Waals surface area contributed by atoms with Crippen molar-refractivity contribution < 1.29 is 4.74 Å². The first-order valence-corrected chi connectivity index (χ1v) is 13.7. The molecule has 3 aromatic heterocycles. The summed E-state index contributed by atoms with van der Waals surface area (Å²) in [4.78, 5) is 18.3. The lowest BCUT2D eigenvalue weighted by Crippen LogP contribution is -2.46. The van der Waals surface area contributed by atoms with Crippen LogP contribution in [0.1, 0.15) is 29.1 Å². The normalized spacial score (nSPS) is 15.5. The van der Waals surface area contributed by atoms with E-state index in [0.29, 0.717) is 12.4 Å². The molecule has 0 radical (unpaired) electrons. The average molecular weight is 532 g/mol. The Bertz CT molecular complexity index is 1710. The quantitative estimate of drug-likeness (QED) is 0.269. The van der Waals surface area contributed by atoms with Gasteiger partial charge in [0.15, 0.2) is 23.3 Å². The Kier molecular flexibility index (Phi) is 5.70. The number of ether oxygens (including phenoxy) is 1. The predicted molar refractivity (Wildman–Crippen MR) is 157 cm³/mol. The number of thiophene rings is 1.